The molecule has 0 atom stereocenters. The van der Waals surface area contributed by atoms with Gasteiger partial charge in [0, 0.05) is 5.41 Å². The van der Waals surface area contributed by atoms with E-state index in [-0.39, 0.29) is 11.0 Å². The molecule has 0 aliphatic rings. The summed E-state index contributed by atoms with van der Waals surface area (Å²) in [5.41, 5.74) is 2.41. The summed E-state index contributed by atoms with van der Waals surface area (Å²) in [5.74, 6) is 0.186. The molecule has 2 aromatic rings. The first kappa shape index (κ1) is 24.3. The fourth-order valence-corrected chi connectivity index (χ4v) is 3.18. The lowest BCUT2D eigenvalue weighted by Gasteiger charge is -2.24. The van der Waals surface area contributed by atoms with Crippen molar-refractivity contribution < 1.29 is 19.1 Å². The first-order valence-electron chi connectivity index (χ1n) is 10.1. The summed E-state index contributed by atoms with van der Waals surface area (Å²) in [7, 11) is 1.31. The molecule has 0 fully saturated rings. The summed E-state index contributed by atoms with van der Waals surface area (Å²) in [6.45, 7) is 8.30. The van der Waals surface area contributed by atoms with Gasteiger partial charge < -0.3 is 20.1 Å². The van der Waals surface area contributed by atoms with Crippen molar-refractivity contribution in [3.05, 3.63) is 59.2 Å². The van der Waals surface area contributed by atoms with Crippen LogP contribution in [0.25, 0.3) is 0 Å². The number of aryl methyl sites for hydroxylation is 2. The van der Waals surface area contributed by atoms with Gasteiger partial charge in [0.15, 0.2) is 5.11 Å². The third kappa shape index (κ3) is 7.07. The topological polar surface area (TPSA) is 76.7 Å². The van der Waals surface area contributed by atoms with Crippen molar-refractivity contribution in [3.8, 4) is 5.75 Å². The number of carbonyl (C=O) groups excluding carboxylic acids is 2. The number of nitrogens with one attached hydrogen (secondary N) is 2. The number of anilines is 1. The molecule has 166 valence electrons. The molecule has 0 bridgehead atoms. The lowest BCUT2D eigenvalue weighted by Crippen LogP contribution is -2.42. The number of benzene rings is 2. The van der Waals surface area contributed by atoms with Crippen LogP contribution in [0, 0.1) is 19.3 Å². The average molecular weight is 443 g/mol. The Labute approximate surface area is 189 Å². The maximum Gasteiger partial charge on any atom is 0.339 e. The number of carbonyl (C=O) groups is 2. The van der Waals surface area contributed by atoms with Crippen LogP contribution in [0.5, 0.6) is 5.75 Å². The second-order valence-corrected chi connectivity index (χ2v) is 8.46. The molecule has 0 aromatic heterocycles. The number of hydrogen-bond donors (Lipinski definition) is 2. The van der Waals surface area contributed by atoms with Crippen LogP contribution in [0.15, 0.2) is 42.5 Å². The smallest absolute Gasteiger partial charge is 0.339 e. The fourth-order valence-electron chi connectivity index (χ4n) is 2.98. The normalized spacial score (nSPS) is 10.9. The summed E-state index contributed by atoms with van der Waals surface area (Å²) in [6.07, 6.45) is 1.35. The van der Waals surface area contributed by atoms with Crippen LogP contribution in [-0.2, 0) is 9.53 Å². The largest absolute Gasteiger partial charge is 0.493 e. The molecule has 0 aliphatic heterocycles. The van der Waals surface area contributed by atoms with Gasteiger partial charge in [0.1, 0.15) is 5.75 Å². The predicted molar refractivity (Wildman–Crippen MR) is 127 cm³/mol. The minimum Gasteiger partial charge on any atom is -0.493 e. The van der Waals surface area contributed by atoms with Crippen LogP contribution in [0.1, 0.15) is 48.2 Å². The van der Waals surface area contributed by atoms with Gasteiger partial charge in [-0.25, -0.2) is 4.79 Å². The molecule has 2 N–H and O–H groups in total. The Bertz CT molecular complexity index is 956. The molecule has 0 heterocycles. The standard InChI is InChI=1S/C24H30N2O4S/c1-16-11-12-17(2)20(15-16)30-14-8-13-24(3,4)22(28)26-23(31)25-19-10-7-6-9-18(19)21(27)29-5/h6-7,9-12,15H,8,13-14H2,1-5H3,(H2,25,26,28,31). The number of para-hydroxylation sites is 1. The van der Waals surface area contributed by atoms with Crippen molar-refractivity contribution in [3.63, 3.8) is 0 Å². The van der Waals surface area contributed by atoms with Crippen molar-refractivity contribution in [2.24, 2.45) is 5.41 Å². The highest BCUT2D eigenvalue weighted by Crippen LogP contribution is 2.24. The van der Waals surface area contributed by atoms with Gasteiger partial charge in [-0.1, -0.05) is 38.1 Å². The molecule has 1 amide bonds. The maximum atomic E-state index is 12.7. The van der Waals surface area contributed by atoms with Gasteiger partial charge in [-0.05, 0) is 68.2 Å². The number of ether oxygens (including phenoxy) is 2. The van der Waals surface area contributed by atoms with Crippen LogP contribution < -0.4 is 15.4 Å². The Kier molecular flexibility index (Phi) is 8.56. The van der Waals surface area contributed by atoms with Gasteiger partial charge in [0.05, 0.1) is 25.0 Å². The molecule has 31 heavy (non-hydrogen) atoms. The van der Waals surface area contributed by atoms with Gasteiger partial charge in [-0.15, -0.1) is 0 Å². The quantitative estimate of drug-likeness (QED) is 0.348. The first-order valence-corrected chi connectivity index (χ1v) is 10.5. The van der Waals surface area contributed by atoms with Crippen molar-refractivity contribution in [1.82, 2.24) is 5.32 Å². The summed E-state index contributed by atoms with van der Waals surface area (Å²) in [4.78, 5) is 24.6. The number of esters is 1. The van der Waals surface area contributed by atoms with E-state index in [1.165, 1.54) is 7.11 Å². The van der Waals surface area contributed by atoms with E-state index < -0.39 is 11.4 Å². The van der Waals surface area contributed by atoms with Crippen LogP contribution in [0.3, 0.4) is 0 Å². The highest BCUT2D eigenvalue weighted by atomic mass is 32.1. The van der Waals surface area contributed by atoms with Crippen LogP contribution in [0.4, 0.5) is 5.69 Å². The molecule has 7 heteroatoms. The number of amides is 1. The third-order valence-corrected chi connectivity index (χ3v) is 5.17. The second-order valence-electron chi connectivity index (χ2n) is 8.05. The zero-order valence-corrected chi connectivity index (χ0v) is 19.5. The second kappa shape index (κ2) is 10.9. The average Bonchev–Trinajstić information content (AvgIpc) is 2.73. The van der Waals surface area contributed by atoms with E-state index in [1.807, 2.05) is 39.8 Å². The van der Waals surface area contributed by atoms with Crippen molar-refractivity contribution in [1.29, 1.82) is 0 Å². The van der Waals surface area contributed by atoms with Gasteiger partial charge in [-0.2, -0.15) is 0 Å². The molecular formula is C24H30N2O4S. The summed E-state index contributed by atoms with van der Waals surface area (Å²) in [6, 6.07) is 12.9. The van der Waals surface area contributed by atoms with Gasteiger partial charge in [0.2, 0.25) is 5.91 Å². The van der Waals surface area contributed by atoms with Gasteiger partial charge >= 0.3 is 5.97 Å². The Hall–Kier alpha value is -2.93. The Balaban J connectivity index is 1.87. The molecule has 0 saturated heterocycles. The van der Waals surface area contributed by atoms with E-state index in [0.717, 1.165) is 23.3 Å². The van der Waals surface area contributed by atoms with Gasteiger partial charge in [0.25, 0.3) is 0 Å². The number of thiocarbonyl (C=S) groups is 1. The number of hydrogen-bond acceptors (Lipinski definition) is 5. The summed E-state index contributed by atoms with van der Waals surface area (Å²) in [5, 5.41) is 5.75. The van der Waals surface area contributed by atoms with Crippen LogP contribution >= 0.6 is 12.2 Å². The van der Waals surface area contributed by atoms with Crippen LogP contribution in [0.2, 0.25) is 0 Å². The highest BCUT2D eigenvalue weighted by molar-refractivity contribution is 7.80. The summed E-state index contributed by atoms with van der Waals surface area (Å²) >= 11 is 5.27. The minimum absolute atomic E-state index is 0.126. The summed E-state index contributed by atoms with van der Waals surface area (Å²) < 4.78 is 10.7. The number of methoxy groups -OCH3 is 1. The Morgan fingerprint density at radius 3 is 2.52 bits per heavy atom. The van der Waals surface area contributed by atoms with E-state index in [2.05, 4.69) is 16.7 Å². The number of rotatable bonds is 8. The van der Waals surface area contributed by atoms with Crippen molar-refractivity contribution >= 4 is 34.9 Å². The third-order valence-electron chi connectivity index (χ3n) is 4.97. The van der Waals surface area contributed by atoms with Crippen LogP contribution in [-0.4, -0.2) is 30.7 Å². The Morgan fingerprint density at radius 2 is 1.81 bits per heavy atom. The molecular weight excluding hydrogens is 412 g/mol. The lowest BCUT2D eigenvalue weighted by atomic mass is 9.87. The lowest BCUT2D eigenvalue weighted by molar-refractivity contribution is -0.128. The van der Waals surface area contributed by atoms with E-state index >= 15 is 0 Å². The van der Waals surface area contributed by atoms with Gasteiger partial charge in [-0.3, -0.25) is 4.79 Å². The Morgan fingerprint density at radius 1 is 1.10 bits per heavy atom. The zero-order valence-electron chi connectivity index (χ0n) is 18.7. The maximum absolute atomic E-state index is 12.7. The molecule has 0 aliphatic carbocycles. The first-order chi connectivity index (χ1) is 14.6. The molecule has 0 saturated carbocycles. The zero-order chi connectivity index (χ0) is 23.0. The predicted octanol–water partition coefficient (Wildman–Crippen LogP) is 4.79. The molecule has 2 rings (SSSR count). The molecule has 0 radical (unpaired) electrons. The SMILES string of the molecule is COC(=O)c1ccccc1NC(=S)NC(=O)C(C)(C)CCCOc1cc(C)ccc1C. The fraction of sp³-hybridized carbons (Fsp3) is 0.375. The molecule has 0 unspecified atom stereocenters. The van der Waals surface area contributed by atoms with E-state index in [9.17, 15) is 9.59 Å². The molecule has 0 spiro atoms. The van der Waals surface area contributed by atoms with Crippen molar-refractivity contribution in [2.75, 3.05) is 19.0 Å². The minimum atomic E-state index is -0.640. The van der Waals surface area contributed by atoms with E-state index in [1.54, 1.807) is 24.3 Å². The van der Waals surface area contributed by atoms with E-state index in [0.29, 0.717) is 24.3 Å². The molecule has 2 aromatic carbocycles. The van der Waals surface area contributed by atoms with E-state index in [4.69, 9.17) is 21.7 Å². The van der Waals surface area contributed by atoms with Crippen molar-refractivity contribution in [2.45, 2.75) is 40.5 Å². The highest BCUT2D eigenvalue weighted by Gasteiger charge is 2.28. The molecule has 6 nitrogen and oxygen atoms in total. The monoisotopic (exact) mass is 442 g/mol.